The van der Waals surface area contributed by atoms with E-state index in [1.165, 1.54) is 0 Å². The molecule has 80 valence electrons. The molecule has 2 N–H and O–H groups in total. The SMILES string of the molecule is CCCOCCC(CN)C(C)(C)C. The van der Waals surface area contributed by atoms with Crippen molar-refractivity contribution in [2.75, 3.05) is 19.8 Å². The van der Waals surface area contributed by atoms with Gasteiger partial charge in [0.15, 0.2) is 0 Å². The van der Waals surface area contributed by atoms with Gasteiger partial charge in [-0.2, -0.15) is 0 Å². The van der Waals surface area contributed by atoms with Crippen molar-refractivity contribution < 1.29 is 4.74 Å². The normalized spacial score (nSPS) is 14.5. The van der Waals surface area contributed by atoms with Crippen LogP contribution in [0, 0.1) is 11.3 Å². The van der Waals surface area contributed by atoms with Crippen molar-refractivity contribution in [3.8, 4) is 0 Å². The highest BCUT2D eigenvalue weighted by Gasteiger charge is 2.22. The first-order chi connectivity index (χ1) is 6.02. The fourth-order valence-electron chi connectivity index (χ4n) is 1.38. The topological polar surface area (TPSA) is 35.2 Å². The number of rotatable bonds is 6. The summed E-state index contributed by atoms with van der Waals surface area (Å²) in [5, 5.41) is 0. The molecule has 0 aliphatic rings. The number of nitrogens with two attached hydrogens (primary N) is 1. The van der Waals surface area contributed by atoms with E-state index in [1.807, 2.05) is 0 Å². The maximum atomic E-state index is 5.72. The standard InChI is InChI=1S/C11H25NO/c1-5-7-13-8-6-10(9-12)11(2,3)4/h10H,5-9,12H2,1-4H3. The second-order valence-corrected chi connectivity index (χ2v) is 4.70. The van der Waals surface area contributed by atoms with E-state index in [-0.39, 0.29) is 0 Å². The molecule has 1 unspecified atom stereocenters. The molecule has 2 heteroatoms. The molecule has 0 aliphatic heterocycles. The summed E-state index contributed by atoms with van der Waals surface area (Å²) in [5.41, 5.74) is 6.03. The van der Waals surface area contributed by atoms with E-state index >= 15 is 0 Å². The first-order valence-electron chi connectivity index (χ1n) is 5.30. The van der Waals surface area contributed by atoms with Gasteiger partial charge < -0.3 is 10.5 Å². The summed E-state index contributed by atoms with van der Waals surface area (Å²) >= 11 is 0. The largest absolute Gasteiger partial charge is 0.381 e. The lowest BCUT2D eigenvalue weighted by molar-refractivity contribution is 0.0997. The maximum Gasteiger partial charge on any atom is 0.0469 e. The molecule has 0 saturated heterocycles. The van der Waals surface area contributed by atoms with Gasteiger partial charge in [-0.05, 0) is 30.7 Å². The molecule has 2 nitrogen and oxygen atoms in total. The molecule has 0 heterocycles. The van der Waals surface area contributed by atoms with Gasteiger partial charge in [0.2, 0.25) is 0 Å². The van der Waals surface area contributed by atoms with Crippen LogP contribution in [-0.4, -0.2) is 19.8 Å². The van der Waals surface area contributed by atoms with Crippen LogP contribution in [0.5, 0.6) is 0 Å². The number of hydrogen-bond acceptors (Lipinski definition) is 2. The fraction of sp³-hybridized carbons (Fsp3) is 1.00. The van der Waals surface area contributed by atoms with Crippen LogP contribution in [-0.2, 0) is 4.74 Å². The molecule has 0 saturated carbocycles. The third-order valence-electron chi connectivity index (χ3n) is 2.47. The predicted molar refractivity (Wildman–Crippen MR) is 57.7 cm³/mol. The molecule has 0 aromatic rings. The Balaban J connectivity index is 3.61. The fourth-order valence-corrected chi connectivity index (χ4v) is 1.38. The lowest BCUT2D eigenvalue weighted by Crippen LogP contribution is -2.29. The zero-order valence-corrected chi connectivity index (χ0v) is 9.60. The van der Waals surface area contributed by atoms with Crippen LogP contribution < -0.4 is 5.73 Å². The Kier molecular flexibility index (Phi) is 6.35. The molecular formula is C11H25NO. The zero-order chi connectivity index (χ0) is 10.3. The molecule has 0 rings (SSSR count). The Morgan fingerprint density at radius 1 is 1.23 bits per heavy atom. The molecule has 0 amide bonds. The average Bonchev–Trinajstić information content (AvgIpc) is 2.02. The Morgan fingerprint density at radius 3 is 2.23 bits per heavy atom. The van der Waals surface area contributed by atoms with Crippen LogP contribution in [0.25, 0.3) is 0 Å². The van der Waals surface area contributed by atoms with Gasteiger partial charge in [-0.3, -0.25) is 0 Å². The van der Waals surface area contributed by atoms with Crippen molar-refractivity contribution in [1.29, 1.82) is 0 Å². The van der Waals surface area contributed by atoms with Crippen molar-refractivity contribution in [1.82, 2.24) is 0 Å². The minimum Gasteiger partial charge on any atom is -0.381 e. The van der Waals surface area contributed by atoms with E-state index in [1.54, 1.807) is 0 Å². The summed E-state index contributed by atoms with van der Waals surface area (Å²) in [6.07, 6.45) is 2.18. The summed E-state index contributed by atoms with van der Waals surface area (Å²) in [6.45, 7) is 11.3. The van der Waals surface area contributed by atoms with Gasteiger partial charge >= 0.3 is 0 Å². The first-order valence-corrected chi connectivity index (χ1v) is 5.30. The zero-order valence-electron chi connectivity index (χ0n) is 9.60. The van der Waals surface area contributed by atoms with Crippen LogP contribution in [0.1, 0.15) is 40.5 Å². The van der Waals surface area contributed by atoms with Crippen molar-refractivity contribution in [3.05, 3.63) is 0 Å². The third-order valence-corrected chi connectivity index (χ3v) is 2.47. The molecule has 0 radical (unpaired) electrons. The van der Waals surface area contributed by atoms with Crippen molar-refractivity contribution >= 4 is 0 Å². The smallest absolute Gasteiger partial charge is 0.0469 e. The van der Waals surface area contributed by atoms with E-state index in [0.717, 1.165) is 32.6 Å². The van der Waals surface area contributed by atoms with Gasteiger partial charge in [-0.25, -0.2) is 0 Å². The summed E-state index contributed by atoms with van der Waals surface area (Å²) in [4.78, 5) is 0. The van der Waals surface area contributed by atoms with Crippen LogP contribution >= 0.6 is 0 Å². The van der Waals surface area contributed by atoms with Gasteiger partial charge in [0, 0.05) is 13.2 Å². The molecular weight excluding hydrogens is 162 g/mol. The van der Waals surface area contributed by atoms with Gasteiger partial charge in [-0.15, -0.1) is 0 Å². The van der Waals surface area contributed by atoms with Crippen LogP contribution in [0.3, 0.4) is 0 Å². The Bertz CT molecular complexity index is 118. The average molecular weight is 187 g/mol. The Morgan fingerprint density at radius 2 is 1.85 bits per heavy atom. The van der Waals surface area contributed by atoms with Crippen molar-refractivity contribution in [2.45, 2.75) is 40.5 Å². The molecule has 0 fully saturated rings. The number of ether oxygens (including phenoxy) is 1. The molecule has 1 atom stereocenters. The van der Waals surface area contributed by atoms with E-state index in [9.17, 15) is 0 Å². The van der Waals surface area contributed by atoms with Crippen molar-refractivity contribution in [3.63, 3.8) is 0 Å². The maximum absolute atomic E-state index is 5.72. The highest BCUT2D eigenvalue weighted by atomic mass is 16.5. The molecule has 0 bridgehead atoms. The van der Waals surface area contributed by atoms with Crippen LogP contribution in [0.15, 0.2) is 0 Å². The summed E-state index contributed by atoms with van der Waals surface area (Å²) in [5.74, 6) is 0.573. The Labute approximate surface area is 82.8 Å². The highest BCUT2D eigenvalue weighted by molar-refractivity contribution is 4.74. The minimum atomic E-state index is 0.310. The van der Waals surface area contributed by atoms with Crippen molar-refractivity contribution in [2.24, 2.45) is 17.1 Å². The molecule has 13 heavy (non-hydrogen) atoms. The molecule has 0 aromatic heterocycles. The second kappa shape index (κ2) is 6.39. The van der Waals surface area contributed by atoms with Gasteiger partial charge in [0.25, 0.3) is 0 Å². The molecule has 0 aliphatic carbocycles. The number of hydrogen-bond donors (Lipinski definition) is 1. The van der Waals surface area contributed by atoms with Crippen LogP contribution in [0.4, 0.5) is 0 Å². The highest BCUT2D eigenvalue weighted by Crippen LogP contribution is 2.27. The first kappa shape index (κ1) is 12.9. The quantitative estimate of drug-likeness (QED) is 0.648. The van der Waals surface area contributed by atoms with Gasteiger partial charge in [-0.1, -0.05) is 27.7 Å². The Hall–Kier alpha value is -0.0800. The second-order valence-electron chi connectivity index (χ2n) is 4.70. The molecule has 0 spiro atoms. The predicted octanol–water partition coefficient (Wildman–Crippen LogP) is 2.42. The van der Waals surface area contributed by atoms with E-state index in [4.69, 9.17) is 10.5 Å². The van der Waals surface area contributed by atoms with Crippen LogP contribution in [0.2, 0.25) is 0 Å². The lowest BCUT2D eigenvalue weighted by atomic mass is 9.79. The summed E-state index contributed by atoms with van der Waals surface area (Å²) in [7, 11) is 0. The third kappa shape index (κ3) is 6.05. The lowest BCUT2D eigenvalue weighted by Gasteiger charge is -2.29. The minimum absolute atomic E-state index is 0.310. The van der Waals surface area contributed by atoms with E-state index in [2.05, 4.69) is 27.7 Å². The summed E-state index contributed by atoms with van der Waals surface area (Å²) < 4.78 is 5.45. The van der Waals surface area contributed by atoms with Gasteiger partial charge in [0.05, 0.1) is 0 Å². The van der Waals surface area contributed by atoms with Gasteiger partial charge in [0.1, 0.15) is 0 Å². The molecule has 0 aromatic carbocycles. The van der Waals surface area contributed by atoms with E-state index in [0.29, 0.717) is 11.3 Å². The summed E-state index contributed by atoms with van der Waals surface area (Å²) in [6, 6.07) is 0. The van der Waals surface area contributed by atoms with E-state index < -0.39 is 0 Å². The monoisotopic (exact) mass is 187 g/mol.